The molecule has 0 radical (unpaired) electrons. The van der Waals surface area contributed by atoms with Crippen LogP contribution in [0.15, 0.2) is 48.4 Å². The number of hydrogen-bond donors (Lipinski definition) is 3. The maximum atomic E-state index is 13.4. The first-order chi connectivity index (χ1) is 13.0. The summed E-state index contributed by atoms with van der Waals surface area (Å²) < 4.78 is 13.4. The zero-order valence-electron chi connectivity index (χ0n) is 16.0. The maximum absolute atomic E-state index is 13.4. The van der Waals surface area contributed by atoms with Crippen molar-refractivity contribution in [2.75, 3.05) is 18.4 Å². The lowest BCUT2D eigenvalue weighted by Crippen LogP contribution is -2.26. The number of likely N-dealkylation sites (tertiary alicyclic amines) is 1. The minimum Gasteiger partial charge on any atom is -0.366 e. The number of pyridine rings is 1. The van der Waals surface area contributed by atoms with Gasteiger partial charge in [-0.25, -0.2) is 14.9 Å². The summed E-state index contributed by atoms with van der Waals surface area (Å²) in [6, 6.07) is 12.3. The topological polar surface area (TPSA) is 77.5 Å². The van der Waals surface area contributed by atoms with Crippen molar-refractivity contribution < 1.29 is 14.4 Å². The number of nitrogens with zero attached hydrogens (tertiary/aromatic N) is 2. The lowest BCUT2D eigenvalue weighted by Gasteiger charge is -2.17. The highest BCUT2D eigenvalue weighted by Crippen LogP contribution is 2.18. The molecule has 0 aliphatic carbocycles. The van der Waals surface area contributed by atoms with Crippen molar-refractivity contribution in [1.29, 1.82) is 0 Å². The van der Waals surface area contributed by atoms with Gasteiger partial charge in [-0.3, -0.25) is 14.9 Å². The number of carbonyl (C=O) groups excluding carboxylic acids is 1. The zero-order valence-corrected chi connectivity index (χ0v) is 17.6. The lowest BCUT2D eigenvalue weighted by atomic mass is 10.1. The zero-order chi connectivity index (χ0) is 19.2. The van der Waals surface area contributed by atoms with Gasteiger partial charge in [0, 0.05) is 31.9 Å². The Morgan fingerprint density at radius 1 is 1.28 bits per heavy atom. The molecule has 3 rings (SSSR count). The number of aryl methyl sites for hydroxylation is 1. The number of hydrogen-bond acceptors (Lipinski definition) is 5. The average molecular weight is 443 g/mol. The van der Waals surface area contributed by atoms with E-state index in [4.69, 9.17) is 5.21 Å². The predicted octanol–water partition coefficient (Wildman–Crippen LogP) is 3.74. The highest BCUT2D eigenvalue weighted by Gasteiger charge is 2.22. The van der Waals surface area contributed by atoms with Crippen LogP contribution in [0.3, 0.4) is 0 Å². The fourth-order valence-corrected chi connectivity index (χ4v) is 3.10. The van der Waals surface area contributed by atoms with E-state index in [1.54, 1.807) is 12.1 Å². The molecule has 0 saturated carbocycles. The second-order valence-electron chi connectivity index (χ2n) is 6.76. The van der Waals surface area contributed by atoms with Crippen LogP contribution in [0.1, 0.15) is 23.1 Å². The Morgan fingerprint density at radius 3 is 2.62 bits per heavy atom. The predicted molar refractivity (Wildman–Crippen MR) is 116 cm³/mol. The van der Waals surface area contributed by atoms with Gasteiger partial charge in [0.05, 0.1) is 0 Å². The number of rotatable bonds is 6. The van der Waals surface area contributed by atoms with Gasteiger partial charge in [0.2, 0.25) is 0 Å². The number of aromatic nitrogens is 1. The molecule has 3 N–H and O–H groups in total. The van der Waals surface area contributed by atoms with Crippen molar-refractivity contribution >= 4 is 42.6 Å². The Balaban J connectivity index is 0.00000210. The van der Waals surface area contributed by atoms with Crippen molar-refractivity contribution in [2.45, 2.75) is 25.9 Å². The van der Waals surface area contributed by atoms with Crippen molar-refractivity contribution in [3.05, 3.63) is 65.1 Å². The van der Waals surface area contributed by atoms with E-state index in [0.717, 1.165) is 32.1 Å². The second kappa shape index (κ2) is 11.7. The summed E-state index contributed by atoms with van der Waals surface area (Å²) in [5, 5.41) is 11.8. The normalized spacial score (nSPS) is 16.5. The number of anilines is 1. The highest BCUT2D eigenvalue weighted by atomic mass is 35.5. The van der Waals surface area contributed by atoms with Crippen molar-refractivity contribution in [3.63, 3.8) is 0 Å². The summed E-state index contributed by atoms with van der Waals surface area (Å²) in [6.45, 7) is 4.97. The Labute approximate surface area is 182 Å². The molecule has 1 aromatic heterocycles. The van der Waals surface area contributed by atoms with Gasteiger partial charge >= 0.3 is 5.91 Å². The first-order valence-electron chi connectivity index (χ1n) is 8.85. The van der Waals surface area contributed by atoms with Crippen LogP contribution in [0.4, 0.5) is 10.2 Å². The molecule has 9 heteroatoms. The van der Waals surface area contributed by atoms with E-state index in [9.17, 15) is 9.18 Å². The van der Waals surface area contributed by atoms with Gasteiger partial charge in [0.15, 0.2) is 5.83 Å². The van der Waals surface area contributed by atoms with E-state index in [1.165, 1.54) is 22.8 Å². The summed E-state index contributed by atoms with van der Waals surface area (Å²) in [5.41, 5.74) is 4.26. The van der Waals surface area contributed by atoms with E-state index < -0.39 is 11.7 Å². The summed E-state index contributed by atoms with van der Waals surface area (Å²) >= 11 is 0. The van der Waals surface area contributed by atoms with Crippen LogP contribution in [0, 0.1) is 6.92 Å². The SMILES string of the molecule is Cc1ccc(CN2CC[C@@H](Nc3ccc(C=C(F)C(=O)NO)cn3)C2)cc1.Cl.Cl. The van der Waals surface area contributed by atoms with E-state index in [-0.39, 0.29) is 24.8 Å². The fourth-order valence-electron chi connectivity index (χ4n) is 3.10. The molecular weight excluding hydrogens is 418 g/mol. The monoisotopic (exact) mass is 442 g/mol. The van der Waals surface area contributed by atoms with E-state index >= 15 is 0 Å². The lowest BCUT2D eigenvalue weighted by molar-refractivity contribution is -0.126. The molecule has 1 amide bonds. The van der Waals surface area contributed by atoms with E-state index in [2.05, 4.69) is 46.4 Å². The fraction of sp³-hybridized carbons (Fsp3) is 0.300. The summed E-state index contributed by atoms with van der Waals surface area (Å²) in [4.78, 5) is 17.6. The van der Waals surface area contributed by atoms with Crippen LogP contribution in [0.25, 0.3) is 6.08 Å². The third-order valence-electron chi connectivity index (χ3n) is 4.55. The largest absolute Gasteiger partial charge is 0.366 e. The van der Waals surface area contributed by atoms with Gasteiger partial charge in [0.1, 0.15) is 5.82 Å². The molecule has 1 fully saturated rings. The minimum absolute atomic E-state index is 0. The van der Waals surface area contributed by atoms with Gasteiger partial charge in [-0.1, -0.05) is 29.8 Å². The smallest absolute Gasteiger partial charge is 0.303 e. The van der Waals surface area contributed by atoms with Crippen molar-refractivity contribution in [2.24, 2.45) is 0 Å². The molecule has 2 aromatic rings. The van der Waals surface area contributed by atoms with Crippen molar-refractivity contribution in [3.8, 4) is 0 Å². The van der Waals surface area contributed by atoms with E-state index in [1.807, 2.05) is 0 Å². The van der Waals surface area contributed by atoms with Crippen LogP contribution in [-0.4, -0.2) is 40.1 Å². The third kappa shape index (κ3) is 7.29. The number of hydroxylamine groups is 1. The van der Waals surface area contributed by atoms with Crippen molar-refractivity contribution in [1.82, 2.24) is 15.4 Å². The summed E-state index contributed by atoms with van der Waals surface area (Å²) in [6.07, 6.45) is 3.52. The quantitative estimate of drug-likeness (QED) is 0.360. The van der Waals surface area contributed by atoms with Crippen LogP contribution in [0.5, 0.6) is 0 Å². The number of halogens is 3. The molecule has 158 valence electrons. The number of amides is 1. The van der Waals surface area contributed by atoms with Crippen LogP contribution >= 0.6 is 24.8 Å². The Morgan fingerprint density at radius 2 is 2.00 bits per heavy atom. The molecule has 1 atom stereocenters. The van der Waals surface area contributed by atoms with Gasteiger partial charge in [-0.05, 0) is 42.7 Å². The van der Waals surface area contributed by atoms with Gasteiger partial charge < -0.3 is 5.32 Å². The summed E-state index contributed by atoms with van der Waals surface area (Å²) in [7, 11) is 0. The summed E-state index contributed by atoms with van der Waals surface area (Å²) in [5.74, 6) is -1.55. The van der Waals surface area contributed by atoms with E-state index in [0.29, 0.717) is 17.4 Å². The Hall–Kier alpha value is -2.19. The number of carbonyl (C=O) groups is 1. The molecule has 0 bridgehead atoms. The molecule has 6 nitrogen and oxygen atoms in total. The van der Waals surface area contributed by atoms with Gasteiger partial charge in [-0.15, -0.1) is 24.8 Å². The molecule has 1 aliphatic rings. The molecule has 1 aromatic carbocycles. The molecule has 2 heterocycles. The molecule has 0 spiro atoms. The molecule has 1 saturated heterocycles. The minimum atomic E-state index is -1.18. The number of nitrogens with one attached hydrogen (secondary N) is 2. The third-order valence-corrected chi connectivity index (χ3v) is 4.55. The van der Waals surface area contributed by atoms with Gasteiger partial charge in [0.25, 0.3) is 0 Å². The van der Waals surface area contributed by atoms with Crippen LogP contribution in [-0.2, 0) is 11.3 Å². The highest BCUT2D eigenvalue weighted by molar-refractivity contribution is 5.94. The number of benzene rings is 1. The van der Waals surface area contributed by atoms with Crippen LogP contribution in [0.2, 0.25) is 0 Å². The molecule has 0 unspecified atom stereocenters. The first kappa shape index (κ1) is 24.8. The molecule has 1 aliphatic heterocycles. The maximum Gasteiger partial charge on any atom is 0.303 e. The Kier molecular flexibility index (Phi) is 10.0. The Bertz CT molecular complexity index is 816. The molecular formula is C20H25Cl2FN4O2. The molecule has 29 heavy (non-hydrogen) atoms. The van der Waals surface area contributed by atoms with Crippen LogP contribution < -0.4 is 10.8 Å². The average Bonchev–Trinajstić information content (AvgIpc) is 3.11. The van der Waals surface area contributed by atoms with Gasteiger partial charge in [-0.2, -0.15) is 0 Å². The first-order valence-corrected chi connectivity index (χ1v) is 8.85. The standard InChI is InChI=1S/C20H23FN4O2.2ClH/c1-14-2-4-15(5-3-14)12-25-9-8-17(13-25)23-19-7-6-16(11-22-19)10-18(21)20(26)24-27;;/h2-7,10-11,17,27H,8-9,12-13H2,1H3,(H,22,23)(H,24,26);2*1H/t17-;;/m1../s1. The second-order valence-corrected chi connectivity index (χ2v) is 6.76.